The lowest BCUT2D eigenvalue weighted by atomic mass is 9.97. The fourth-order valence-corrected chi connectivity index (χ4v) is 2.54. The van der Waals surface area contributed by atoms with Crippen molar-refractivity contribution in [2.45, 2.75) is 25.3 Å². The molecule has 1 aromatic carbocycles. The Kier molecular flexibility index (Phi) is 2.58. The first-order chi connectivity index (χ1) is 7.84. The second-order valence-electron chi connectivity index (χ2n) is 4.32. The SMILES string of the molecule is Clc1[nH]nc2ccc(C3CCCCN3)cc12. The standard InChI is InChI=1S/C12H14ClN3/c13-12-9-7-8(4-5-11(9)15-16-12)10-3-1-2-6-14-10/h4-5,7,10,14H,1-3,6H2,(H,15,16). The molecule has 1 unspecified atom stereocenters. The van der Waals surface area contributed by atoms with Crippen LogP contribution in [0.25, 0.3) is 10.9 Å². The zero-order valence-electron chi connectivity index (χ0n) is 8.96. The molecule has 2 heterocycles. The number of benzene rings is 1. The van der Waals surface area contributed by atoms with Crippen molar-refractivity contribution >= 4 is 22.5 Å². The Morgan fingerprint density at radius 1 is 1.31 bits per heavy atom. The van der Waals surface area contributed by atoms with Crippen molar-refractivity contribution in [1.82, 2.24) is 15.5 Å². The van der Waals surface area contributed by atoms with Gasteiger partial charge in [-0.3, -0.25) is 5.10 Å². The number of aromatic amines is 1. The molecule has 3 rings (SSSR count). The molecule has 16 heavy (non-hydrogen) atoms. The highest BCUT2D eigenvalue weighted by atomic mass is 35.5. The van der Waals surface area contributed by atoms with E-state index in [9.17, 15) is 0 Å². The van der Waals surface area contributed by atoms with E-state index in [0.29, 0.717) is 11.2 Å². The van der Waals surface area contributed by atoms with Crippen molar-refractivity contribution in [2.75, 3.05) is 6.54 Å². The summed E-state index contributed by atoms with van der Waals surface area (Å²) in [4.78, 5) is 0. The number of nitrogens with one attached hydrogen (secondary N) is 2. The lowest BCUT2D eigenvalue weighted by molar-refractivity contribution is 0.412. The molecule has 1 aliphatic heterocycles. The highest BCUT2D eigenvalue weighted by molar-refractivity contribution is 6.34. The van der Waals surface area contributed by atoms with Crippen LogP contribution in [0.5, 0.6) is 0 Å². The van der Waals surface area contributed by atoms with Gasteiger partial charge in [0.05, 0.1) is 5.52 Å². The van der Waals surface area contributed by atoms with Crippen LogP contribution >= 0.6 is 11.6 Å². The quantitative estimate of drug-likeness (QED) is 0.798. The minimum Gasteiger partial charge on any atom is -0.310 e. The minimum absolute atomic E-state index is 0.476. The van der Waals surface area contributed by atoms with Gasteiger partial charge in [0.2, 0.25) is 0 Å². The summed E-state index contributed by atoms with van der Waals surface area (Å²) in [5.41, 5.74) is 2.25. The number of aromatic nitrogens is 2. The number of nitrogens with zero attached hydrogens (tertiary/aromatic N) is 1. The Balaban J connectivity index is 1.99. The van der Waals surface area contributed by atoms with Crippen molar-refractivity contribution in [3.05, 3.63) is 28.9 Å². The lowest BCUT2D eigenvalue weighted by Crippen LogP contribution is -2.26. The maximum atomic E-state index is 6.05. The fraction of sp³-hybridized carbons (Fsp3) is 0.417. The van der Waals surface area contributed by atoms with Gasteiger partial charge in [-0.15, -0.1) is 0 Å². The maximum absolute atomic E-state index is 6.05. The largest absolute Gasteiger partial charge is 0.310 e. The van der Waals surface area contributed by atoms with E-state index in [0.717, 1.165) is 17.4 Å². The predicted molar refractivity (Wildman–Crippen MR) is 65.7 cm³/mol. The van der Waals surface area contributed by atoms with E-state index in [1.54, 1.807) is 0 Å². The summed E-state index contributed by atoms with van der Waals surface area (Å²) in [7, 11) is 0. The zero-order chi connectivity index (χ0) is 11.0. The average Bonchev–Trinajstić information content (AvgIpc) is 2.72. The molecule has 4 heteroatoms. The number of halogens is 1. The molecule has 3 nitrogen and oxygen atoms in total. The zero-order valence-corrected chi connectivity index (χ0v) is 9.72. The number of fused-ring (bicyclic) bond motifs is 1. The fourth-order valence-electron chi connectivity index (χ4n) is 2.35. The summed E-state index contributed by atoms with van der Waals surface area (Å²) in [6.45, 7) is 1.11. The normalized spacial score (nSPS) is 21.4. The molecule has 1 saturated heterocycles. The molecule has 0 saturated carbocycles. The van der Waals surface area contributed by atoms with Crippen molar-refractivity contribution in [1.29, 1.82) is 0 Å². The molecule has 1 fully saturated rings. The van der Waals surface area contributed by atoms with E-state index >= 15 is 0 Å². The van der Waals surface area contributed by atoms with Crippen LogP contribution in [0.2, 0.25) is 5.15 Å². The van der Waals surface area contributed by atoms with Crippen LogP contribution in [0.15, 0.2) is 18.2 Å². The van der Waals surface area contributed by atoms with Crippen molar-refractivity contribution in [3.8, 4) is 0 Å². The van der Waals surface area contributed by atoms with Gasteiger partial charge in [0.1, 0.15) is 5.15 Å². The Labute approximate surface area is 99.2 Å². The summed E-state index contributed by atoms with van der Waals surface area (Å²) >= 11 is 6.05. The van der Waals surface area contributed by atoms with Crippen LogP contribution in [-0.4, -0.2) is 16.7 Å². The third-order valence-corrected chi connectivity index (χ3v) is 3.53. The number of hydrogen-bond donors (Lipinski definition) is 2. The highest BCUT2D eigenvalue weighted by Crippen LogP contribution is 2.28. The van der Waals surface area contributed by atoms with E-state index in [1.165, 1.54) is 24.8 Å². The molecule has 0 spiro atoms. The van der Waals surface area contributed by atoms with Gasteiger partial charge in [0.15, 0.2) is 0 Å². The molecule has 0 amide bonds. The lowest BCUT2D eigenvalue weighted by Gasteiger charge is -2.23. The molecule has 1 aliphatic rings. The summed E-state index contributed by atoms with van der Waals surface area (Å²) in [6, 6.07) is 6.79. The molecule has 0 aliphatic carbocycles. The highest BCUT2D eigenvalue weighted by Gasteiger charge is 2.15. The Hall–Kier alpha value is -1.06. The number of hydrogen-bond acceptors (Lipinski definition) is 2. The average molecular weight is 236 g/mol. The van der Waals surface area contributed by atoms with Crippen LogP contribution < -0.4 is 5.32 Å². The summed E-state index contributed by atoms with van der Waals surface area (Å²) in [6.07, 6.45) is 3.79. The monoisotopic (exact) mass is 235 g/mol. The molecule has 0 bridgehead atoms. The third-order valence-electron chi connectivity index (χ3n) is 3.24. The van der Waals surface area contributed by atoms with Gasteiger partial charge in [0.25, 0.3) is 0 Å². The maximum Gasteiger partial charge on any atom is 0.132 e. The first-order valence-electron chi connectivity index (χ1n) is 5.71. The van der Waals surface area contributed by atoms with Crippen LogP contribution in [0.1, 0.15) is 30.9 Å². The molecule has 1 aromatic heterocycles. The van der Waals surface area contributed by atoms with E-state index < -0.39 is 0 Å². The van der Waals surface area contributed by atoms with E-state index in [2.05, 4.69) is 27.6 Å². The number of H-pyrrole nitrogens is 1. The molecular weight excluding hydrogens is 222 g/mol. The van der Waals surface area contributed by atoms with Crippen molar-refractivity contribution in [3.63, 3.8) is 0 Å². The van der Waals surface area contributed by atoms with Crippen LogP contribution in [0.4, 0.5) is 0 Å². The first-order valence-corrected chi connectivity index (χ1v) is 6.09. The number of piperidine rings is 1. The summed E-state index contributed by atoms with van der Waals surface area (Å²) in [5.74, 6) is 0. The first kappa shape index (κ1) is 10.1. The van der Waals surface area contributed by atoms with Crippen molar-refractivity contribution in [2.24, 2.45) is 0 Å². The third kappa shape index (κ3) is 1.70. The second-order valence-corrected chi connectivity index (χ2v) is 4.69. The van der Waals surface area contributed by atoms with Crippen LogP contribution in [0.3, 0.4) is 0 Å². The Morgan fingerprint density at radius 2 is 2.25 bits per heavy atom. The molecular formula is C12H14ClN3. The van der Waals surface area contributed by atoms with E-state index in [-0.39, 0.29) is 0 Å². The Morgan fingerprint density at radius 3 is 3.06 bits per heavy atom. The predicted octanol–water partition coefficient (Wildman–Crippen LogP) is 3.03. The van der Waals surface area contributed by atoms with Gasteiger partial charge < -0.3 is 5.32 Å². The minimum atomic E-state index is 0.476. The Bertz CT molecular complexity index is 500. The van der Waals surface area contributed by atoms with Gasteiger partial charge in [-0.1, -0.05) is 24.1 Å². The van der Waals surface area contributed by atoms with Gasteiger partial charge in [-0.25, -0.2) is 0 Å². The summed E-state index contributed by atoms with van der Waals surface area (Å²) < 4.78 is 0. The topological polar surface area (TPSA) is 40.7 Å². The summed E-state index contributed by atoms with van der Waals surface area (Å²) in [5, 5.41) is 12.1. The molecule has 2 aromatic rings. The smallest absolute Gasteiger partial charge is 0.132 e. The van der Waals surface area contributed by atoms with Gasteiger partial charge in [0, 0.05) is 11.4 Å². The van der Waals surface area contributed by atoms with Crippen LogP contribution in [-0.2, 0) is 0 Å². The van der Waals surface area contributed by atoms with Gasteiger partial charge >= 0.3 is 0 Å². The van der Waals surface area contributed by atoms with E-state index in [1.807, 2.05) is 6.07 Å². The van der Waals surface area contributed by atoms with Gasteiger partial charge in [-0.2, -0.15) is 5.10 Å². The van der Waals surface area contributed by atoms with E-state index in [4.69, 9.17) is 11.6 Å². The van der Waals surface area contributed by atoms with Gasteiger partial charge in [-0.05, 0) is 37.1 Å². The number of rotatable bonds is 1. The molecule has 2 N–H and O–H groups in total. The van der Waals surface area contributed by atoms with Crippen molar-refractivity contribution < 1.29 is 0 Å². The second kappa shape index (κ2) is 4.07. The molecule has 84 valence electrons. The van der Waals surface area contributed by atoms with Crippen LogP contribution in [0, 0.1) is 0 Å². The molecule has 1 atom stereocenters. The molecule has 0 radical (unpaired) electrons.